The summed E-state index contributed by atoms with van der Waals surface area (Å²) in [6.07, 6.45) is 1.50. The summed E-state index contributed by atoms with van der Waals surface area (Å²) >= 11 is 6.26. The second kappa shape index (κ2) is 10.2. The summed E-state index contributed by atoms with van der Waals surface area (Å²) in [6.45, 7) is 1.26. The number of rotatable bonds is 9. The van der Waals surface area contributed by atoms with Gasteiger partial charge in [-0.05, 0) is 30.2 Å². The van der Waals surface area contributed by atoms with E-state index in [1.54, 1.807) is 13.2 Å². The summed E-state index contributed by atoms with van der Waals surface area (Å²) in [6, 6.07) is 6.86. The number of nitrogens with two attached hydrogens (primary N) is 1. The topological polar surface area (TPSA) is 134 Å². The van der Waals surface area contributed by atoms with E-state index >= 15 is 0 Å². The molecule has 1 unspecified atom stereocenters. The Morgan fingerprint density at radius 1 is 1.29 bits per heavy atom. The highest BCUT2D eigenvalue weighted by Crippen LogP contribution is 2.27. The monoisotopic (exact) mass is 408 g/mol. The highest BCUT2D eigenvalue weighted by atomic mass is 35.5. The summed E-state index contributed by atoms with van der Waals surface area (Å²) in [5.41, 5.74) is 7.06. The van der Waals surface area contributed by atoms with Gasteiger partial charge in [0.15, 0.2) is 0 Å². The van der Waals surface area contributed by atoms with Gasteiger partial charge >= 0.3 is 0 Å². The van der Waals surface area contributed by atoms with Crippen LogP contribution in [0.25, 0.3) is 12.2 Å². The highest BCUT2D eigenvalue weighted by molar-refractivity contribution is 6.31. The van der Waals surface area contributed by atoms with Crippen molar-refractivity contribution >= 4 is 35.5 Å². The second-order valence-corrected chi connectivity index (χ2v) is 6.50. The van der Waals surface area contributed by atoms with Gasteiger partial charge in [-0.25, -0.2) is 4.98 Å². The molecule has 0 fully saturated rings. The maximum absolute atomic E-state index is 10.2. The molecule has 0 radical (unpaired) electrons. The molecule has 1 heterocycles. The molecule has 0 aliphatic carbocycles. The standard InChI is InChI=1S/C19H25ClN4O4/c1-3-14(16(27)15(26)10-25)22-18-13(17(20)23-19(21)24-18)8-7-11-5-4-6-12(9-11)28-2/h4-9,14-16,25-27H,3,10H2,1-2H3,(H3,21,22,23,24)/b8-7+/t14-,15?,16+/m1/s1. The molecular formula is C19H25ClN4O4. The van der Waals surface area contributed by atoms with E-state index < -0.39 is 24.9 Å². The summed E-state index contributed by atoms with van der Waals surface area (Å²) < 4.78 is 5.21. The minimum absolute atomic E-state index is 0.0296. The zero-order chi connectivity index (χ0) is 20.7. The number of nitrogens with one attached hydrogen (secondary N) is 1. The van der Waals surface area contributed by atoms with Gasteiger partial charge in [-0.2, -0.15) is 4.98 Å². The van der Waals surface area contributed by atoms with Crippen LogP contribution in [-0.4, -0.2) is 57.3 Å². The summed E-state index contributed by atoms with van der Waals surface area (Å²) in [7, 11) is 1.59. The van der Waals surface area contributed by atoms with Gasteiger partial charge in [0.1, 0.15) is 28.9 Å². The summed E-state index contributed by atoms with van der Waals surface area (Å²) in [5.74, 6) is 0.998. The van der Waals surface area contributed by atoms with Crippen LogP contribution in [0.5, 0.6) is 5.75 Å². The van der Waals surface area contributed by atoms with Gasteiger partial charge < -0.3 is 31.1 Å². The van der Waals surface area contributed by atoms with E-state index in [1.165, 1.54) is 0 Å². The fourth-order valence-electron chi connectivity index (χ4n) is 2.62. The highest BCUT2D eigenvalue weighted by Gasteiger charge is 2.26. The van der Waals surface area contributed by atoms with Crippen molar-refractivity contribution < 1.29 is 20.1 Å². The molecule has 2 aromatic rings. The molecule has 152 valence electrons. The Hall–Kier alpha value is -2.39. The third-order valence-corrected chi connectivity index (χ3v) is 4.50. The Balaban J connectivity index is 2.35. The van der Waals surface area contributed by atoms with Crippen LogP contribution in [0.2, 0.25) is 5.15 Å². The molecule has 0 aliphatic rings. The maximum Gasteiger partial charge on any atom is 0.223 e. The predicted molar refractivity (Wildman–Crippen MR) is 110 cm³/mol. The molecule has 1 aromatic heterocycles. The number of anilines is 2. The quantitative estimate of drug-likeness (QED) is 0.396. The van der Waals surface area contributed by atoms with E-state index in [0.29, 0.717) is 23.6 Å². The number of ether oxygens (including phenoxy) is 1. The number of nitrogens with zero attached hydrogens (tertiary/aromatic N) is 2. The van der Waals surface area contributed by atoms with Crippen molar-refractivity contribution in [1.82, 2.24) is 9.97 Å². The van der Waals surface area contributed by atoms with Crippen molar-refractivity contribution in [2.45, 2.75) is 31.6 Å². The number of aromatic nitrogens is 2. The first-order chi connectivity index (χ1) is 13.4. The Labute approximate surface area is 168 Å². The molecule has 8 nitrogen and oxygen atoms in total. The van der Waals surface area contributed by atoms with Gasteiger partial charge in [-0.3, -0.25) is 0 Å². The molecule has 6 N–H and O–H groups in total. The number of nitrogen functional groups attached to an aromatic ring is 1. The van der Waals surface area contributed by atoms with Crippen molar-refractivity contribution in [3.8, 4) is 5.75 Å². The zero-order valence-electron chi connectivity index (χ0n) is 15.7. The lowest BCUT2D eigenvalue weighted by atomic mass is 10.0. The number of aliphatic hydroxyl groups is 3. The van der Waals surface area contributed by atoms with Crippen LogP contribution in [0.1, 0.15) is 24.5 Å². The number of hydrogen-bond donors (Lipinski definition) is 5. The van der Waals surface area contributed by atoms with E-state index in [9.17, 15) is 10.2 Å². The lowest BCUT2D eigenvalue weighted by Crippen LogP contribution is -2.43. The Morgan fingerprint density at radius 3 is 2.68 bits per heavy atom. The molecule has 3 atom stereocenters. The molecule has 9 heteroatoms. The van der Waals surface area contributed by atoms with Gasteiger partial charge in [-0.1, -0.05) is 36.7 Å². The Bertz CT molecular complexity index is 819. The number of aliphatic hydroxyl groups excluding tert-OH is 3. The van der Waals surface area contributed by atoms with Crippen molar-refractivity contribution in [3.63, 3.8) is 0 Å². The minimum Gasteiger partial charge on any atom is -0.497 e. The van der Waals surface area contributed by atoms with Gasteiger partial charge in [0.05, 0.1) is 25.3 Å². The largest absolute Gasteiger partial charge is 0.497 e. The molecule has 0 saturated carbocycles. The van der Waals surface area contributed by atoms with Crippen molar-refractivity contribution in [3.05, 3.63) is 40.5 Å². The lowest BCUT2D eigenvalue weighted by molar-refractivity contribution is -0.0230. The van der Waals surface area contributed by atoms with Gasteiger partial charge in [0, 0.05) is 0 Å². The first-order valence-corrected chi connectivity index (χ1v) is 9.16. The third kappa shape index (κ3) is 5.56. The van der Waals surface area contributed by atoms with Gasteiger partial charge in [0.25, 0.3) is 0 Å². The fourth-order valence-corrected chi connectivity index (χ4v) is 2.86. The zero-order valence-corrected chi connectivity index (χ0v) is 16.5. The molecule has 1 aromatic carbocycles. The first-order valence-electron chi connectivity index (χ1n) is 8.78. The van der Waals surface area contributed by atoms with E-state index in [2.05, 4.69) is 15.3 Å². The smallest absolute Gasteiger partial charge is 0.223 e. The van der Waals surface area contributed by atoms with E-state index in [0.717, 1.165) is 5.56 Å². The van der Waals surface area contributed by atoms with E-state index in [4.69, 9.17) is 27.2 Å². The molecule has 0 saturated heterocycles. The maximum atomic E-state index is 10.2. The average molecular weight is 409 g/mol. The van der Waals surface area contributed by atoms with E-state index in [1.807, 2.05) is 37.3 Å². The molecule has 2 rings (SSSR count). The lowest BCUT2D eigenvalue weighted by Gasteiger charge is -2.27. The van der Waals surface area contributed by atoms with Crippen molar-refractivity contribution in [2.75, 3.05) is 24.8 Å². The second-order valence-electron chi connectivity index (χ2n) is 6.14. The molecule has 0 amide bonds. The van der Waals surface area contributed by atoms with Crippen molar-refractivity contribution in [2.24, 2.45) is 0 Å². The number of hydrogen-bond acceptors (Lipinski definition) is 8. The number of benzene rings is 1. The molecule has 0 spiro atoms. The first kappa shape index (κ1) is 21.9. The number of methoxy groups -OCH3 is 1. The van der Waals surface area contributed by atoms with Crippen LogP contribution < -0.4 is 15.8 Å². The molecular weight excluding hydrogens is 384 g/mol. The minimum atomic E-state index is -1.29. The van der Waals surface area contributed by atoms with Gasteiger partial charge in [-0.15, -0.1) is 0 Å². The van der Waals surface area contributed by atoms with Crippen LogP contribution in [0, 0.1) is 0 Å². The van der Waals surface area contributed by atoms with Crippen LogP contribution >= 0.6 is 11.6 Å². The fraction of sp³-hybridized carbons (Fsp3) is 0.368. The predicted octanol–water partition coefficient (Wildman–Crippen LogP) is 1.80. The van der Waals surface area contributed by atoms with E-state index in [-0.39, 0.29) is 11.1 Å². The van der Waals surface area contributed by atoms with Crippen LogP contribution in [0.3, 0.4) is 0 Å². The van der Waals surface area contributed by atoms with Gasteiger partial charge in [0.2, 0.25) is 5.95 Å². The Morgan fingerprint density at radius 2 is 2.04 bits per heavy atom. The summed E-state index contributed by atoms with van der Waals surface area (Å²) in [5, 5.41) is 32.2. The van der Waals surface area contributed by atoms with Crippen LogP contribution in [0.4, 0.5) is 11.8 Å². The third-order valence-electron chi connectivity index (χ3n) is 4.21. The molecule has 0 bridgehead atoms. The SMILES string of the molecule is CC[C@@H](Nc1nc(N)nc(Cl)c1/C=C/c1cccc(OC)c1)[C@H](O)C(O)CO. The average Bonchev–Trinajstić information content (AvgIpc) is 2.70. The number of halogens is 1. The normalized spacial score (nSPS) is 14.6. The Kier molecular flexibility index (Phi) is 8.01. The molecule has 28 heavy (non-hydrogen) atoms. The van der Waals surface area contributed by atoms with Crippen LogP contribution in [-0.2, 0) is 0 Å². The molecule has 0 aliphatic heterocycles. The summed E-state index contributed by atoms with van der Waals surface area (Å²) in [4.78, 5) is 8.15. The van der Waals surface area contributed by atoms with Crippen LogP contribution in [0.15, 0.2) is 24.3 Å². The van der Waals surface area contributed by atoms with Crippen molar-refractivity contribution in [1.29, 1.82) is 0 Å².